The van der Waals surface area contributed by atoms with Crippen LogP contribution in [0.3, 0.4) is 0 Å². The van der Waals surface area contributed by atoms with Crippen molar-refractivity contribution in [3.05, 3.63) is 84.4 Å². The topological polar surface area (TPSA) is 88.3 Å². The lowest BCUT2D eigenvalue weighted by Crippen LogP contribution is -2.28. The summed E-state index contributed by atoms with van der Waals surface area (Å²) < 4.78 is 44.4. The van der Waals surface area contributed by atoms with Crippen molar-refractivity contribution in [3.63, 3.8) is 0 Å². The van der Waals surface area contributed by atoms with Crippen molar-refractivity contribution in [1.29, 1.82) is 0 Å². The van der Waals surface area contributed by atoms with E-state index in [0.717, 1.165) is 17.7 Å². The van der Waals surface area contributed by atoms with Crippen LogP contribution in [0.5, 0.6) is 0 Å². The van der Waals surface area contributed by atoms with Crippen molar-refractivity contribution in [2.45, 2.75) is 12.6 Å². The van der Waals surface area contributed by atoms with Gasteiger partial charge < -0.3 is 14.7 Å². The zero-order valence-corrected chi connectivity index (χ0v) is 18.7. The van der Waals surface area contributed by atoms with Gasteiger partial charge in [0, 0.05) is 35.5 Å². The van der Waals surface area contributed by atoms with Crippen LogP contribution in [-0.2, 0) is 15.8 Å². The van der Waals surface area contributed by atoms with E-state index in [9.17, 15) is 22.8 Å². The molecule has 1 saturated heterocycles. The Morgan fingerprint density at radius 2 is 1.72 bits per heavy atom. The highest BCUT2D eigenvalue weighted by Crippen LogP contribution is 2.34. The number of benzene rings is 3. The Hall–Kier alpha value is -4.47. The molecule has 1 N–H and O–H groups in total. The minimum absolute atomic E-state index is 0.00565. The Morgan fingerprint density at radius 1 is 0.972 bits per heavy atom. The number of carbonyl (C=O) groups excluding carboxylic acids is 2. The third kappa shape index (κ3) is 4.83. The lowest BCUT2D eigenvalue weighted by molar-refractivity contribution is -0.137. The average Bonchev–Trinajstić information content (AvgIpc) is 3.52. The summed E-state index contributed by atoms with van der Waals surface area (Å²) in [4.78, 5) is 30.8. The summed E-state index contributed by atoms with van der Waals surface area (Å²) in [5.41, 5.74) is 1.24. The SMILES string of the molecule is O=C(Nc1ccc(-c2nc(-c3ccccc3)no2)cc1)[C@H]1CC(=O)N(c2cccc(C(F)(F)F)c2)C1. The van der Waals surface area contributed by atoms with Gasteiger partial charge in [-0.3, -0.25) is 9.59 Å². The summed E-state index contributed by atoms with van der Waals surface area (Å²) in [7, 11) is 0. The third-order valence-corrected chi connectivity index (χ3v) is 5.84. The molecule has 1 aliphatic rings. The second-order valence-corrected chi connectivity index (χ2v) is 8.31. The zero-order chi connectivity index (χ0) is 25.3. The van der Waals surface area contributed by atoms with Gasteiger partial charge >= 0.3 is 6.18 Å². The molecule has 182 valence electrons. The van der Waals surface area contributed by atoms with Crippen molar-refractivity contribution >= 4 is 23.2 Å². The molecule has 0 aliphatic carbocycles. The monoisotopic (exact) mass is 492 g/mol. The van der Waals surface area contributed by atoms with Crippen molar-refractivity contribution < 1.29 is 27.3 Å². The lowest BCUT2D eigenvalue weighted by atomic mass is 10.1. The van der Waals surface area contributed by atoms with Gasteiger partial charge in [-0.05, 0) is 42.5 Å². The highest BCUT2D eigenvalue weighted by atomic mass is 19.4. The maximum atomic E-state index is 13.0. The molecular formula is C26H19F3N4O3. The van der Waals surface area contributed by atoms with E-state index in [1.165, 1.54) is 17.0 Å². The fourth-order valence-electron chi connectivity index (χ4n) is 3.97. The molecule has 1 fully saturated rings. The number of halogens is 3. The Labute approximate surface area is 203 Å². The molecule has 1 aliphatic heterocycles. The summed E-state index contributed by atoms with van der Waals surface area (Å²) >= 11 is 0. The molecule has 7 nitrogen and oxygen atoms in total. The van der Waals surface area contributed by atoms with Gasteiger partial charge in [-0.2, -0.15) is 18.2 Å². The fourth-order valence-corrected chi connectivity index (χ4v) is 3.97. The highest BCUT2D eigenvalue weighted by Gasteiger charge is 2.37. The van der Waals surface area contributed by atoms with E-state index in [1.54, 1.807) is 24.3 Å². The van der Waals surface area contributed by atoms with Gasteiger partial charge in [0.05, 0.1) is 11.5 Å². The van der Waals surface area contributed by atoms with Gasteiger partial charge in [-0.1, -0.05) is 41.6 Å². The largest absolute Gasteiger partial charge is 0.416 e. The van der Waals surface area contributed by atoms with Gasteiger partial charge in [-0.25, -0.2) is 0 Å². The summed E-state index contributed by atoms with van der Waals surface area (Å²) in [6, 6.07) is 20.7. The fraction of sp³-hybridized carbons (Fsp3) is 0.154. The Morgan fingerprint density at radius 3 is 2.44 bits per heavy atom. The van der Waals surface area contributed by atoms with Crippen LogP contribution < -0.4 is 10.2 Å². The first-order valence-electron chi connectivity index (χ1n) is 11.1. The van der Waals surface area contributed by atoms with E-state index in [4.69, 9.17) is 4.52 Å². The molecule has 0 unspecified atom stereocenters. The first-order chi connectivity index (χ1) is 17.3. The number of rotatable bonds is 5. The van der Waals surface area contributed by atoms with E-state index in [2.05, 4.69) is 15.5 Å². The molecule has 36 heavy (non-hydrogen) atoms. The molecule has 5 rings (SSSR count). The van der Waals surface area contributed by atoms with E-state index in [0.29, 0.717) is 23.0 Å². The first kappa shape index (κ1) is 23.3. The second-order valence-electron chi connectivity index (χ2n) is 8.31. The Bertz CT molecular complexity index is 1400. The zero-order valence-electron chi connectivity index (χ0n) is 18.7. The molecule has 0 saturated carbocycles. The maximum Gasteiger partial charge on any atom is 0.416 e. The first-order valence-corrected chi connectivity index (χ1v) is 11.1. The summed E-state index contributed by atoms with van der Waals surface area (Å²) in [6.07, 6.45) is -4.61. The molecular weight excluding hydrogens is 473 g/mol. The number of anilines is 2. The highest BCUT2D eigenvalue weighted by molar-refractivity contribution is 6.03. The quantitative estimate of drug-likeness (QED) is 0.402. The van der Waals surface area contributed by atoms with Crippen LogP contribution in [0.15, 0.2) is 83.4 Å². The number of alkyl halides is 3. The molecule has 10 heteroatoms. The molecule has 1 atom stereocenters. The molecule has 3 aromatic carbocycles. The van der Waals surface area contributed by atoms with Gasteiger partial charge in [0.15, 0.2) is 0 Å². The standard InChI is InChI=1S/C26H19F3N4O3/c27-26(28,29)19-7-4-8-21(14-19)33-15-18(13-22(33)34)24(35)30-20-11-9-17(10-12-20)25-31-23(32-36-25)16-5-2-1-3-6-16/h1-12,14,18H,13,15H2,(H,30,35)/t18-/m0/s1. The van der Waals surface area contributed by atoms with Crippen LogP contribution in [0, 0.1) is 5.92 Å². The number of nitrogens with one attached hydrogen (secondary N) is 1. The van der Waals surface area contributed by atoms with E-state index in [-0.39, 0.29) is 18.7 Å². The van der Waals surface area contributed by atoms with Crippen LogP contribution in [0.1, 0.15) is 12.0 Å². The average molecular weight is 492 g/mol. The number of carbonyl (C=O) groups is 2. The van der Waals surface area contributed by atoms with Crippen LogP contribution in [-0.4, -0.2) is 28.5 Å². The number of nitrogens with zero attached hydrogens (tertiary/aromatic N) is 3. The molecule has 0 bridgehead atoms. The van der Waals surface area contributed by atoms with Crippen LogP contribution in [0.25, 0.3) is 22.8 Å². The normalized spacial score (nSPS) is 15.8. The van der Waals surface area contributed by atoms with Crippen molar-refractivity contribution in [3.8, 4) is 22.8 Å². The molecule has 2 amide bonds. The van der Waals surface area contributed by atoms with Crippen LogP contribution >= 0.6 is 0 Å². The molecule has 1 aromatic heterocycles. The summed E-state index contributed by atoms with van der Waals surface area (Å²) in [5, 5.41) is 6.75. The van der Waals surface area contributed by atoms with Crippen LogP contribution in [0.2, 0.25) is 0 Å². The van der Waals surface area contributed by atoms with Crippen LogP contribution in [0.4, 0.5) is 24.5 Å². The lowest BCUT2D eigenvalue weighted by Gasteiger charge is -2.18. The number of hydrogen-bond donors (Lipinski definition) is 1. The number of amides is 2. The van der Waals surface area contributed by atoms with Gasteiger partial charge in [-0.15, -0.1) is 0 Å². The van der Waals surface area contributed by atoms with Crippen molar-refractivity contribution in [1.82, 2.24) is 10.1 Å². The Balaban J connectivity index is 1.24. The molecule has 0 spiro atoms. The van der Waals surface area contributed by atoms with Gasteiger partial charge in [0.25, 0.3) is 5.89 Å². The van der Waals surface area contributed by atoms with E-state index < -0.39 is 29.5 Å². The van der Waals surface area contributed by atoms with Gasteiger partial charge in [0.1, 0.15) is 0 Å². The summed E-state index contributed by atoms with van der Waals surface area (Å²) in [5.74, 6) is -0.717. The van der Waals surface area contributed by atoms with Crippen molar-refractivity contribution in [2.24, 2.45) is 5.92 Å². The van der Waals surface area contributed by atoms with E-state index in [1.807, 2.05) is 30.3 Å². The number of aromatic nitrogens is 2. The summed E-state index contributed by atoms with van der Waals surface area (Å²) in [6.45, 7) is -0.00565. The molecule has 4 aromatic rings. The van der Waals surface area contributed by atoms with Crippen molar-refractivity contribution in [2.75, 3.05) is 16.8 Å². The second kappa shape index (κ2) is 9.29. The minimum atomic E-state index is -4.52. The van der Waals surface area contributed by atoms with Gasteiger partial charge in [0.2, 0.25) is 17.6 Å². The smallest absolute Gasteiger partial charge is 0.334 e. The minimum Gasteiger partial charge on any atom is -0.334 e. The Kier molecular flexibility index (Phi) is 6.01. The third-order valence-electron chi connectivity index (χ3n) is 5.84. The number of hydrogen-bond acceptors (Lipinski definition) is 5. The maximum absolute atomic E-state index is 13.0. The van der Waals surface area contributed by atoms with E-state index >= 15 is 0 Å². The predicted octanol–water partition coefficient (Wildman–Crippen LogP) is 5.41. The molecule has 2 heterocycles. The molecule has 0 radical (unpaired) electrons. The predicted molar refractivity (Wildman–Crippen MR) is 126 cm³/mol.